The van der Waals surface area contributed by atoms with Gasteiger partial charge in [0.1, 0.15) is 4.88 Å². The monoisotopic (exact) mass is 223 g/mol. The molecule has 0 fully saturated rings. The van der Waals surface area contributed by atoms with Crippen molar-refractivity contribution in [3.8, 4) is 10.6 Å². The highest BCUT2D eigenvalue weighted by molar-refractivity contribution is 7.17. The van der Waals surface area contributed by atoms with Crippen molar-refractivity contribution in [2.24, 2.45) is 0 Å². The number of hydrogen-bond acceptors (Lipinski definition) is 5. The minimum absolute atomic E-state index is 0.335. The summed E-state index contributed by atoms with van der Waals surface area (Å²) in [5.74, 6) is 0.0248. The van der Waals surface area contributed by atoms with Crippen LogP contribution in [0.5, 0.6) is 0 Å². The fourth-order valence-electron chi connectivity index (χ4n) is 1.15. The normalized spacial score (nSPS) is 10.2. The molecule has 0 spiro atoms. The molecule has 0 aromatic carbocycles. The first-order valence-corrected chi connectivity index (χ1v) is 5.01. The molecule has 0 radical (unpaired) electrons. The zero-order chi connectivity index (χ0) is 10.8. The Hall–Kier alpha value is -1.82. The Bertz CT molecular complexity index is 489. The molecule has 78 valence electrons. The molecule has 0 unspecified atom stereocenters. The quantitative estimate of drug-likeness (QED) is 0.756. The smallest absolute Gasteiger partial charge is 0.348 e. The minimum atomic E-state index is -0.335. The fourth-order valence-corrected chi connectivity index (χ4v) is 2.04. The second-order valence-electron chi connectivity index (χ2n) is 2.84. The highest BCUT2D eigenvalue weighted by atomic mass is 32.1. The number of nitrogens with one attached hydrogen (secondary N) is 1. The minimum Gasteiger partial charge on any atom is -0.465 e. The van der Waals surface area contributed by atoms with Gasteiger partial charge in [-0.05, 0) is 12.1 Å². The predicted molar refractivity (Wildman–Crippen MR) is 57.7 cm³/mol. The van der Waals surface area contributed by atoms with E-state index in [2.05, 4.69) is 14.7 Å². The van der Waals surface area contributed by atoms with Crippen molar-refractivity contribution in [3.63, 3.8) is 0 Å². The van der Waals surface area contributed by atoms with Gasteiger partial charge in [-0.3, -0.25) is 0 Å². The Morgan fingerprint density at radius 3 is 3.00 bits per heavy atom. The van der Waals surface area contributed by atoms with Gasteiger partial charge >= 0.3 is 5.97 Å². The van der Waals surface area contributed by atoms with E-state index in [-0.39, 0.29) is 5.97 Å². The molecule has 0 aliphatic carbocycles. The number of aromatic nitrogens is 2. The zero-order valence-corrected chi connectivity index (χ0v) is 8.80. The summed E-state index contributed by atoms with van der Waals surface area (Å²) in [4.78, 5) is 19.4. The summed E-state index contributed by atoms with van der Waals surface area (Å²) in [5, 5.41) is 0. The molecule has 0 bridgehead atoms. The third-order valence-electron chi connectivity index (χ3n) is 1.85. The van der Waals surface area contributed by atoms with Crippen LogP contribution < -0.4 is 5.73 Å². The molecule has 2 rings (SSSR count). The highest BCUT2D eigenvalue weighted by Gasteiger charge is 2.11. The number of rotatable bonds is 2. The highest BCUT2D eigenvalue weighted by Crippen LogP contribution is 2.27. The van der Waals surface area contributed by atoms with Crippen molar-refractivity contribution < 1.29 is 9.53 Å². The lowest BCUT2D eigenvalue weighted by Crippen LogP contribution is -1.96. The van der Waals surface area contributed by atoms with Gasteiger partial charge in [0, 0.05) is 0 Å². The Morgan fingerprint density at radius 1 is 1.60 bits per heavy atom. The summed E-state index contributed by atoms with van der Waals surface area (Å²) in [6.45, 7) is 0. The van der Waals surface area contributed by atoms with Crippen LogP contribution >= 0.6 is 11.3 Å². The number of H-pyrrole nitrogens is 1. The molecule has 2 heterocycles. The maximum atomic E-state index is 11.2. The average molecular weight is 223 g/mol. The van der Waals surface area contributed by atoms with Crippen LogP contribution in [-0.2, 0) is 4.74 Å². The molecule has 3 N–H and O–H groups in total. The van der Waals surface area contributed by atoms with E-state index < -0.39 is 0 Å². The molecule has 0 saturated carbocycles. The van der Waals surface area contributed by atoms with Gasteiger partial charge in [0.15, 0.2) is 5.95 Å². The molecule has 0 amide bonds. The number of imidazole rings is 1. The average Bonchev–Trinajstić information content (AvgIpc) is 2.84. The van der Waals surface area contributed by atoms with E-state index in [1.165, 1.54) is 18.4 Å². The van der Waals surface area contributed by atoms with E-state index >= 15 is 0 Å². The van der Waals surface area contributed by atoms with E-state index in [1.807, 2.05) is 6.07 Å². The van der Waals surface area contributed by atoms with E-state index in [1.54, 1.807) is 12.3 Å². The third kappa shape index (κ3) is 1.84. The molecule has 2 aromatic heterocycles. The number of aromatic amines is 1. The first-order valence-electron chi connectivity index (χ1n) is 4.19. The third-order valence-corrected chi connectivity index (χ3v) is 2.95. The van der Waals surface area contributed by atoms with Gasteiger partial charge in [0.05, 0.1) is 23.9 Å². The molecule has 0 aliphatic heterocycles. The van der Waals surface area contributed by atoms with Crippen LogP contribution in [0.25, 0.3) is 10.6 Å². The standard InChI is InChI=1S/C9H9N3O2S/c1-14-8(13)7-3-2-6(15-7)5-4-11-9(10)12-5/h2-4H,1H3,(H3,10,11,12). The van der Waals surface area contributed by atoms with E-state index in [0.717, 1.165) is 10.6 Å². The molecule has 0 atom stereocenters. The Balaban J connectivity index is 2.31. The molecular weight excluding hydrogens is 214 g/mol. The summed E-state index contributed by atoms with van der Waals surface area (Å²) < 4.78 is 4.61. The molecule has 0 saturated heterocycles. The first kappa shape index (κ1) is 9.72. The molecule has 6 heteroatoms. The summed E-state index contributed by atoms with van der Waals surface area (Å²) in [7, 11) is 1.36. The maximum Gasteiger partial charge on any atom is 0.348 e. The lowest BCUT2D eigenvalue weighted by Gasteiger charge is -1.92. The summed E-state index contributed by atoms with van der Waals surface area (Å²) in [6.07, 6.45) is 1.63. The van der Waals surface area contributed by atoms with Crippen LogP contribution in [-0.4, -0.2) is 23.0 Å². The van der Waals surface area contributed by atoms with Gasteiger partial charge in [-0.15, -0.1) is 11.3 Å². The SMILES string of the molecule is COC(=O)c1ccc(-c2cnc(N)[nH]2)s1. The molecule has 5 nitrogen and oxygen atoms in total. The maximum absolute atomic E-state index is 11.2. The Morgan fingerprint density at radius 2 is 2.40 bits per heavy atom. The number of nitrogen functional groups attached to an aromatic ring is 1. The molecular formula is C9H9N3O2S. The molecule has 2 aromatic rings. The van der Waals surface area contributed by atoms with Crippen molar-refractivity contribution >= 4 is 23.3 Å². The summed E-state index contributed by atoms with van der Waals surface area (Å²) in [6, 6.07) is 3.53. The fraction of sp³-hybridized carbons (Fsp3) is 0.111. The molecule has 0 aliphatic rings. The second kappa shape index (κ2) is 3.74. The summed E-state index contributed by atoms with van der Waals surface area (Å²) >= 11 is 1.33. The van der Waals surface area contributed by atoms with Crippen LogP contribution in [0.2, 0.25) is 0 Å². The lowest BCUT2D eigenvalue weighted by molar-refractivity contribution is 0.0606. The zero-order valence-electron chi connectivity index (χ0n) is 7.98. The number of esters is 1. The van der Waals surface area contributed by atoms with Gasteiger partial charge in [0.25, 0.3) is 0 Å². The number of nitrogens with two attached hydrogens (primary N) is 1. The van der Waals surface area contributed by atoms with Crippen LogP contribution in [0.1, 0.15) is 9.67 Å². The largest absolute Gasteiger partial charge is 0.465 e. The summed E-state index contributed by atoms with van der Waals surface area (Å²) in [5.41, 5.74) is 6.25. The van der Waals surface area contributed by atoms with Crippen molar-refractivity contribution in [2.75, 3.05) is 12.8 Å². The van der Waals surface area contributed by atoms with Crippen LogP contribution in [0.4, 0.5) is 5.95 Å². The van der Waals surface area contributed by atoms with Crippen molar-refractivity contribution in [1.29, 1.82) is 0 Å². The van der Waals surface area contributed by atoms with Gasteiger partial charge in [-0.1, -0.05) is 0 Å². The van der Waals surface area contributed by atoms with E-state index in [9.17, 15) is 4.79 Å². The second-order valence-corrected chi connectivity index (χ2v) is 3.92. The first-order chi connectivity index (χ1) is 7.20. The van der Waals surface area contributed by atoms with Gasteiger partial charge in [-0.2, -0.15) is 0 Å². The van der Waals surface area contributed by atoms with Gasteiger partial charge in [-0.25, -0.2) is 9.78 Å². The number of ether oxygens (including phenoxy) is 1. The number of thiophene rings is 1. The topological polar surface area (TPSA) is 81.0 Å². The van der Waals surface area contributed by atoms with Crippen LogP contribution in [0.3, 0.4) is 0 Å². The number of nitrogens with zero attached hydrogens (tertiary/aromatic N) is 1. The van der Waals surface area contributed by atoms with Crippen LogP contribution in [0.15, 0.2) is 18.3 Å². The number of hydrogen-bond donors (Lipinski definition) is 2. The van der Waals surface area contributed by atoms with Crippen LogP contribution in [0, 0.1) is 0 Å². The molecule has 15 heavy (non-hydrogen) atoms. The predicted octanol–water partition coefficient (Wildman–Crippen LogP) is 1.51. The van der Waals surface area contributed by atoms with E-state index in [4.69, 9.17) is 5.73 Å². The lowest BCUT2D eigenvalue weighted by atomic mass is 10.3. The van der Waals surface area contributed by atoms with Crippen molar-refractivity contribution in [1.82, 2.24) is 9.97 Å². The van der Waals surface area contributed by atoms with Crippen molar-refractivity contribution in [3.05, 3.63) is 23.2 Å². The van der Waals surface area contributed by atoms with Crippen molar-refractivity contribution in [2.45, 2.75) is 0 Å². The Kier molecular flexibility index (Phi) is 2.42. The van der Waals surface area contributed by atoms with Gasteiger partial charge < -0.3 is 15.5 Å². The van der Waals surface area contributed by atoms with E-state index in [0.29, 0.717) is 10.8 Å². The Labute approximate surface area is 89.9 Å². The number of carbonyl (C=O) groups excluding carboxylic acids is 1. The van der Waals surface area contributed by atoms with Gasteiger partial charge in [0.2, 0.25) is 0 Å². The number of carbonyl (C=O) groups is 1. The number of anilines is 1. The number of methoxy groups -OCH3 is 1.